The molecule has 5 nitrogen and oxygen atoms in total. The minimum Gasteiger partial charge on any atom is -0.367 e. The summed E-state index contributed by atoms with van der Waals surface area (Å²) in [6.07, 6.45) is 2.58. The van der Waals surface area contributed by atoms with E-state index < -0.39 is 10.0 Å². The molecule has 27 heavy (non-hydrogen) atoms. The Labute approximate surface area is 162 Å². The van der Waals surface area contributed by atoms with Crippen LogP contribution in [0.1, 0.15) is 18.4 Å². The molecule has 2 heterocycles. The number of sulfonamides is 1. The molecule has 0 N–H and O–H groups in total. The lowest BCUT2D eigenvalue weighted by molar-refractivity contribution is 0.344. The third-order valence-corrected chi connectivity index (χ3v) is 7.58. The first-order valence-corrected chi connectivity index (χ1v) is 11.2. The van der Waals surface area contributed by atoms with Crippen molar-refractivity contribution in [2.24, 2.45) is 0 Å². The molecule has 6 heteroatoms. The van der Waals surface area contributed by atoms with E-state index in [-0.39, 0.29) is 0 Å². The highest BCUT2D eigenvalue weighted by atomic mass is 32.2. The first-order valence-electron chi connectivity index (χ1n) is 9.72. The normalized spacial score (nSPS) is 18.0. The third kappa shape index (κ3) is 3.56. The molecule has 0 spiro atoms. The van der Waals surface area contributed by atoms with Crippen LogP contribution in [0.2, 0.25) is 0 Å². The molecule has 0 atom stereocenters. The average Bonchev–Trinajstić information content (AvgIpc) is 3.19. The van der Waals surface area contributed by atoms with E-state index in [1.807, 2.05) is 43.3 Å². The first kappa shape index (κ1) is 18.3. The van der Waals surface area contributed by atoms with Gasteiger partial charge in [0.05, 0.1) is 22.8 Å². The fourth-order valence-electron chi connectivity index (χ4n) is 4.11. The number of aryl methyl sites for hydroxylation is 1. The lowest BCUT2D eigenvalue weighted by Gasteiger charge is -2.38. The molecule has 0 radical (unpaired) electrons. The molecule has 0 aromatic heterocycles. The molecule has 0 amide bonds. The Morgan fingerprint density at radius 3 is 2.22 bits per heavy atom. The molecule has 0 aliphatic carbocycles. The molecule has 2 aromatic rings. The Morgan fingerprint density at radius 1 is 0.815 bits per heavy atom. The zero-order chi connectivity index (χ0) is 18.9. The molecule has 2 aliphatic heterocycles. The first-order chi connectivity index (χ1) is 13.1. The highest BCUT2D eigenvalue weighted by Gasteiger charge is 2.32. The molecular formula is C21H27N3O2S. The van der Waals surface area contributed by atoms with Crippen LogP contribution in [-0.2, 0) is 10.0 Å². The molecule has 1 fully saturated rings. The van der Waals surface area contributed by atoms with Gasteiger partial charge in [-0.3, -0.25) is 4.31 Å². The van der Waals surface area contributed by atoms with Gasteiger partial charge >= 0.3 is 0 Å². The molecule has 1 saturated heterocycles. The van der Waals surface area contributed by atoms with Crippen molar-refractivity contribution in [1.29, 1.82) is 0 Å². The predicted molar refractivity (Wildman–Crippen MR) is 110 cm³/mol. The van der Waals surface area contributed by atoms with Gasteiger partial charge in [0.1, 0.15) is 0 Å². The van der Waals surface area contributed by atoms with Gasteiger partial charge in [0, 0.05) is 19.6 Å². The summed E-state index contributed by atoms with van der Waals surface area (Å²) in [5.41, 5.74) is 2.58. The van der Waals surface area contributed by atoms with Crippen molar-refractivity contribution >= 4 is 21.4 Å². The molecular weight excluding hydrogens is 358 g/mol. The summed E-state index contributed by atoms with van der Waals surface area (Å²) in [5, 5.41) is 0. The van der Waals surface area contributed by atoms with Gasteiger partial charge in [-0.05, 0) is 56.6 Å². The van der Waals surface area contributed by atoms with E-state index in [0.29, 0.717) is 11.4 Å². The molecule has 2 aliphatic rings. The van der Waals surface area contributed by atoms with Crippen LogP contribution in [0.15, 0.2) is 53.4 Å². The van der Waals surface area contributed by atoms with E-state index >= 15 is 0 Å². The summed E-state index contributed by atoms with van der Waals surface area (Å²) in [6.45, 7) is 7.40. The van der Waals surface area contributed by atoms with Gasteiger partial charge in [0.15, 0.2) is 0 Å². The number of nitrogens with zero attached hydrogens (tertiary/aromatic N) is 3. The SMILES string of the molecule is Cc1ccccc1S(=O)(=O)N1CCN(CCN2CCCC2)c2ccccc21. The number of likely N-dealkylation sites (tertiary alicyclic amines) is 1. The van der Waals surface area contributed by atoms with Crippen molar-refractivity contribution in [2.45, 2.75) is 24.7 Å². The number of fused-ring (bicyclic) bond motifs is 1. The second-order valence-corrected chi connectivity index (χ2v) is 9.20. The topological polar surface area (TPSA) is 43.9 Å². The quantitative estimate of drug-likeness (QED) is 0.793. The number of rotatable bonds is 5. The minimum atomic E-state index is -3.56. The smallest absolute Gasteiger partial charge is 0.264 e. The third-order valence-electron chi connectivity index (χ3n) is 5.61. The van der Waals surface area contributed by atoms with Gasteiger partial charge in [0.25, 0.3) is 10.0 Å². The Hall–Kier alpha value is -2.05. The van der Waals surface area contributed by atoms with E-state index in [9.17, 15) is 8.42 Å². The largest absolute Gasteiger partial charge is 0.367 e. The average molecular weight is 386 g/mol. The van der Waals surface area contributed by atoms with Crippen LogP contribution < -0.4 is 9.21 Å². The van der Waals surface area contributed by atoms with Gasteiger partial charge < -0.3 is 9.80 Å². The number of hydrogen-bond donors (Lipinski definition) is 0. The standard InChI is InChI=1S/C21H27N3O2S/c1-18-8-2-5-11-21(18)27(25,26)24-17-16-23(15-14-22-12-6-7-13-22)19-9-3-4-10-20(19)24/h2-5,8-11H,6-7,12-17H2,1H3. The maximum Gasteiger partial charge on any atom is 0.264 e. The van der Waals surface area contributed by atoms with Crippen LogP contribution in [0.4, 0.5) is 11.4 Å². The van der Waals surface area contributed by atoms with Crippen molar-refractivity contribution in [2.75, 3.05) is 48.5 Å². The van der Waals surface area contributed by atoms with Crippen molar-refractivity contribution < 1.29 is 8.42 Å². The maximum atomic E-state index is 13.3. The monoisotopic (exact) mass is 385 g/mol. The Balaban J connectivity index is 1.62. The summed E-state index contributed by atoms with van der Waals surface area (Å²) < 4.78 is 28.3. The van der Waals surface area contributed by atoms with E-state index in [1.54, 1.807) is 16.4 Å². The van der Waals surface area contributed by atoms with E-state index in [1.165, 1.54) is 25.9 Å². The van der Waals surface area contributed by atoms with E-state index in [0.717, 1.165) is 36.6 Å². The summed E-state index contributed by atoms with van der Waals surface area (Å²) in [5.74, 6) is 0. The summed E-state index contributed by atoms with van der Waals surface area (Å²) in [4.78, 5) is 5.22. The summed E-state index contributed by atoms with van der Waals surface area (Å²) in [7, 11) is -3.56. The Kier molecular flexibility index (Phi) is 5.10. The Morgan fingerprint density at radius 2 is 1.48 bits per heavy atom. The number of hydrogen-bond acceptors (Lipinski definition) is 4. The minimum absolute atomic E-state index is 0.394. The molecule has 2 aromatic carbocycles. The van der Waals surface area contributed by atoms with Crippen LogP contribution in [0.5, 0.6) is 0 Å². The van der Waals surface area contributed by atoms with Crippen molar-refractivity contribution in [3.05, 3.63) is 54.1 Å². The van der Waals surface area contributed by atoms with Gasteiger partial charge in [-0.1, -0.05) is 30.3 Å². The fourth-order valence-corrected chi connectivity index (χ4v) is 5.81. The lowest BCUT2D eigenvalue weighted by atomic mass is 10.2. The van der Waals surface area contributed by atoms with Gasteiger partial charge in [-0.25, -0.2) is 8.42 Å². The Bertz CT molecular complexity index is 907. The molecule has 0 saturated carbocycles. The second kappa shape index (κ2) is 7.52. The second-order valence-electron chi connectivity index (χ2n) is 7.37. The zero-order valence-electron chi connectivity index (χ0n) is 15.8. The zero-order valence-corrected chi connectivity index (χ0v) is 16.7. The van der Waals surface area contributed by atoms with Crippen molar-refractivity contribution in [1.82, 2.24) is 4.90 Å². The van der Waals surface area contributed by atoms with Gasteiger partial charge in [-0.2, -0.15) is 0 Å². The van der Waals surface area contributed by atoms with Gasteiger partial charge in [0.2, 0.25) is 0 Å². The van der Waals surface area contributed by atoms with Crippen LogP contribution in [0, 0.1) is 6.92 Å². The molecule has 0 bridgehead atoms. The number of para-hydroxylation sites is 2. The number of anilines is 2. The number of benzene rings is 2. The highest BCUT2D eigenvalue weighted by molar-refractivity contribution is 7.93. The predicted octanol–water partition coefficient (Wildman–Crippen LogP) is 3.11. The van der Waals surface area contributed by atoms with Crippen LogP contribution in [0.3, 0.4) is 0 Å². The summed E-state index contributed by atoms with van der Waals surface area (Å²) in [6, 6.07) is 15.1. The highest BCUT2D eigenvalue weighted by Crippen LogP contribution is 2.36. The van der Waals surface area contributed by atoms with Crippen LogP contribution in [0.25, 0.3) is 0 Å². The van der Waals surface area contributed by atoms with Crippen LogP contribution >= 0.6 is 0 Å². The molecule has 144 valence electrons. The van der Waals surface area contributed by atoms with E-state index in [2.05, 4.69) is 9.80 Å². The molecule has 4 rings (SSSR count). The van der Waals surface area contributed by atoms with E-state index in [4.69, 9.17) is 0 Å². The lowest BCUT2D eigenvalue weighted by Crippen LogP contribution is -2.46. The summed E-state index contributed by atoms with van der Waals surface area (Å²) >= 11 is 0. The fraction of sp³-hybridized carbons (Fsp3) is 0.429. The van der Waals surface area contributed by atoms with Crippen molar-refractivity contribution in [3.8, 4) is 0 Å². The maximum absolute atomic E-state index is 13.3. The van der Waals surface area contributed by atoms with Crippen molar-refractivity contribution in [3.63, 3.8) is 0 Å². The molecule has 0 unspecified atom stereocenters. The van der Waals surface area contributed by atoms with Crippen LogP contribution in [-0.4, -0.2) is 52.6 Å². The van der Waals surface area contributed by atoms with Gasteiger partial charge in [-0.15, -0.1) is 0 Å².